The van der Waals surface area contributed by atoms with Gasteiger partial charge in [0.25, 0.3) is 5.56 Å². The van der Waals surface area contributed by atoms with Crippen molar-refractivity contribution in [2.75, 3.05) is 0 Å². The van der Waals surface area contributed by atoms with Crippen molar-refractivity contribution in [3.8, 4) is 0 Å². The molecule has 0 atom stereocenters. The van der Waals surface area contributed by atoms with E-state index in [2.05, 4.69) is 32.9 Å². The number of rotatable bonds is 2. The van der Waals surface area contributed by atoms with Crippen LogP contribution in [-0.2, 0) is 17.3 Å². The van der Waals surface area contributed by atoms with Gasteiger partial charge < -0.3 is 4.57 Å². The molecule has 3 nitrogen and oxygen atoms in total. The lowest BCUT2D eigenvalue weighted by Crippen LogP contribution is -2.30. The molecule has 134 valence electrons. The topological polar surface area (TPSA) is 39.1 Å². The molecule has 0 spiro atoms. The molecule has 0 radical (unpaired) electrons. The van der Waals surface area contributed by atoms with Crippen LogP contribution in [0.1, 0.15) is 52.7 Å². The molecular weight excluding hydrogens is 330 g/mol. The molecule has 0 unspecified atom stereocenters. The highest BCUT2D eigenvalue weighted by molar-refractivity contribution is 7.07. The minimum Gasteiger partial charge on any atom is -0.302 e. The maximum absolute atomic E-state index is 12.5. The summed E-state index contributed by atoms with van der Waals surface area (Å²) in [5.41, 5.74) is 1.83. The summed E-state index contributed by atoms with van der Waals surface area (Å²) < 4.78 is 2.87. The number of benzene rings is 1. The highest BCUT2D eigenvalue weighted by Gasteiger charge is 2.19. The summed E-state index contributed by atoms with van der Waals surface area (Å²) in [6.07, 6.45) is 3.46. The van der Waals surface area contributed by atoms with E-state index < -0.39 is 5.41 Å². The van der Waals surface area contributed by atoms with Gasteiger partial charge in [-0.1, -0.05) is 65.8 Å². The molecule has 1 heterocycles. The van der Waals surface area contributed by atoms with E-state index in [1.165, 1.54) is 16.9 Å². The highest BCUT2D eigenvalue weighted by Crippen LogP contribution is 2.22. The molecule has 0 aliphatic heterocycles. The zero-order valence-corrected chi connectivity index (χ0v) is 17.0. The van der Waals surface area contributed by atoms with Crippen molar-refractivity contribution in [1.82, 2.24) is 4.57 Å². The fraction of sp³-hybridized carbons (Fsp3) is 0.429. The predicted octanol–water partition coefficient (Wildman–Crippen LogP) is 2.97. The first-order chi connectivity index (χ1) is 11.4. The molecule has 0 aliphatic rings. The Morgan fingerprint density at radius 3 is 2.08 bits per heavy atom. The molecule has 1 aromatic carbocycles. The maximum Gasteiger partial charge on any atom is 0.268 e. The van der Waals surface area contributed by atoms with E-state index in [4.69, 9.17) is 0 Å². The first-order valence-electron chi connectivity index (χ1n) is 8.44. The first kappa shape index (κ1) is 19.4. The average molecular weight is 358 g/mol. The van der Waals surface area contributed by atoms with Crippen LogP contribution in [0.4, 0.5) is 0 Å². The number of carbonyl (C=O) groups is 1. The van der Waals surface area contributed by atoms with Gasteiger partial charge in [-0.3, -0.25) is 9.59 Å². The van der Waals surface area contributed by atoms with Crippen LogP contribution in [-0.4, -0.2) is 10.4 Å². The predicted molar refractivity (Wildman–Crippen MR) is 106 cm³/mol. The first-order valence-corrected chi connectivity index (χ1v) is 9.25. The lowest BCUT2D eigenvalue weighted by Gasteiger charge is -2.18. The van der Waals surface area contributed by atoms with Gasteiger partial charge in [0.05, 0.1) is 4.53 Å². The van der Waals surface area contributed by atoms with E-state index in [1.807, 2.05) is 39.0 Å². The summed E-state index contributed by atoms with van der Waals surface area (Å²) in [6, 6.07) is 8.26. The Morgan fingerprint density at radius 2 is 1.60 bits per heavy atom. The number of nitrogens with zero attached hydrogens (tertiary/aromatic N) is 1. The zero-order valence-electron chi connectivity index (χ0n) is 16.1. The van der Waals surface area contributed by atoms with Crippen molar-refractivity contribution in [3.63, 3.8) is 0 Å². The Morgan fingerprint density at radius 1 is 1.04 bits per heavy atom. The largest absolute Gasteiger partial charge is 0.302 e. The third-order valence-electron chi connectivity index (χ3n) is 4.13. The molecule has 0 aliphatic carbocycles. The van der Waals surface area contributed by atoms with E-state index >= 15 is 0 Å². The van der Waals surface area contributed by atoms with Crippen molar-refractivity contribution in [1.29, 1.82) is 0 Å². The quantitative estimate of drug-likeness (QED) is 0.829. The number of thiazole rings is 1. The van der Waals surface area contributed by atoms with Crippen LogP contribution in [0.15, 0.2) is 29.1 Å². The Labute approximate surface area is 153 Å². The second-order valence-corrected chi connectivity index (χ2v) is 9.51. The van der Waals surface area contributed by atoms with Gasteiger partial charge in [-0.2, -0.15) is 0 Å². The minimum atomic E-state index is -0.452. The number of ketones is 1. The summed E-state index contributed by atoms with van der Waals surface area (Å²) in [5.74, 6) is 0.0189. The minimum absolute atomic E-state index is 0.0189. The van der Waals surface area contributed by atoms with E-state index in [1.54, 1.807) is 17.7 Å². The van der Waals surface area contributed by atoms with Crippen LogP contribution in [0.3, 0.4) is 0 Å². The molecule has 0 saturated heterocycles. The molecule has 2 aromatic rings. The fourth-order valence-corrected chi connectivity index (χ4v) is 3.30. The van der Waals surface area contributed by atoms with Gasteiger partial charge >= 0.3 is 0 Å². The summed E-state index contributed by atoms with van der Waals surface area (Å²) in [7, 11) is 1.71. The summed E-state index contributed by atoms with van der Waals surface area (Å²) in [4.78, 5) is 24.7. The molecule has 4 heteroatoms. The van der Waals surface area contributed by atoms with Crippen LogP contribution < -0.4 is 14.8 Å². The lowest BCUT2D eigenvalue weighted by atomic mass is 9.87. The maximum atomic E-state index is 12.5. The van der Waals surface area contributed by atoms with Crippen LogP contribution in [0, 0.1) is 5.41 Å². The molecule has 0 amide bonds. The van der Waals surface area contributed by atoms with Crippen molar-refractivity contribution in [3.05, 3.63) is 54.9 Å². The monoisotopic (exact) mass is 357 g/mol. The van der Waals surface area contributed by atoms with Crippen LogP contribution in [0.5, 0.6) is 0 Å². The number of carbonyl (C=O) groups excluding carboxylic acids is 1. The molecule has 2 rings (SSSR count). The van der Waals surface area contributed by atoms with E-state index in [0.717, 1.165) is 5.56 Å². The normalized spacial score (nSPS) is 14.2. The van der Waals surface area contributed by atoms with Crippen LogP contribution in [0.25, 0.3) is 12.2 Å². The molecule has 0 saturated carbocycles. The van der Waals surface area contributed by atoms with Gasteiger partial charge in [0, 0.05) is 18.5 Å². The number of hydrogen-bond acceptors (Lipinski definition) is 3. The summed E-state index contributed by atoms with van der Waals surface area (Å²) in [5, 5.41) is 0. The Balaban J connectivity index is 2.50. The van der Waals surface area contributed by atoms with Gasteiger partial charge in [0.1, 0.15) is 4.66 Å². The van der Waals surface area contributed by atoms with Crippen LogP contribution >= 0.6 is 11.3 Å². The van der Waals surface area contributed by atoms with Crippen LogP contribution in [0.2, 0.25) is 0 Å². The van der Waals surface area contributed by atoms with Gasteiger partial charge in [-0.15, -0.1) is 11.3 Å². The number of aromatic nitrogens is 1. The zero-order chi connectivity index (χ0) is 19.0. The van der Waals surface area contributed by atoms with Crippen molar-refractivity contribution in [2.45, 2.75) is 47.0 Å². The van der Waals surface area contributed by atoms with Crippen molar-refractivity contribution in [2.24, 2.45) is 12.5 Å². The fourth-order valence-electron chi connectivity index (χ4n) is 2.27. The van der Waals surface area contributed by atoms with Gasteiger partial charge in [0.15, 0.2) is 5.78 Å². The average Bonchev–Trinajstić information content (AvgIpc) is 2.74. The third-order valence-corrected chi connectivity index (χ3v) is 5.24. The van der Waals surface area contributed by atoms with Crippen molar-refractivity contribution >= 4 is 29.3 Å². The smallest absolute Gasteiger partial charge is 0.268 e. The molecule has 0 fully saturated rings. The molecule has 25 heavy (non-hydrogen) atoms. The molecule has 1 aromatic heterocycles. The second-order valence-electron chi connectivity index (χ2n) is 8.44. The Hall–Kier alpha value is -1.94. The van der Waals surface area contributed by atoms with E-state index in [9.17, 15) is 9.59 Å². The van der Waals surface area contributed by atoms with E-state index in [-0.39, 0.29) is 16.8 Å². The number of hydrogen-bond donors (Lipinski definition) is 0. The lowest BCUT2D eigenvalue weighted by molar-refractivity contribution is -0.120. The van der Waals surface area contributed by atoms with E-state index in [0.29, 0.717) is 9.20 Å². The molecule has 0 bridgehead atoms. The summed E-state index contributed by atoms with van der Waals surface area (Å²) in [6.45, 7) is 12.2. The van der Waals surface area contributed by atoms with Crippen molar-refractivity contribution < 1.29 is 4.79 Å². The molecular formula is C21H27NO2S. The Kier molecular flexibility index (Phi) is 5.24. The highest BCUT2D eigenvalue weighted by atomic mass is 32.1. The van der Waals surface area contributed by atoms with Gasteiger partial charge in [-0.05, 0) is 22.6 Å². The standard InChI is InChI=1S/C21H27NO2S/c1-20(2,3)15-10-8-14(9-11-15)12-16-19(24)22(7)18(25-16)13-17(23)21(4,5)6/h8-13H,1-7H3/b16-12+,18-13-. The Bertz CT molecular complexity index is 946. The number of Topliss-reactive ketones (excluding diaryl/α,β-unsaturated/α-hetero) is 1. The third kappa shape index (κ3) is 4.57. The summed E-state index contributed by atoms with van der Waals surface area (Å²) >= 11 is 1.35. The SMILES string of the molecule is Cn1c(=O)/c(=C\c2ccc(C(C)(C)C)cc2)s/c1=C\C(=O)C(C)(C)C. The van der Waals surface area contributed by atoms with Gasteiger partial charge in [0.2, 0.25) is 0 Å². The van der Waals surface area contributed by atoms with Gasteiger partial charge in [-0.25, -0.2) is 0 Å². The molecule has 0 N–H and O–H groups in total. The second kappa shape index (κ2) is 6.75.